The highest BCUT2D eigenvalue weighted by atomic mass is 32.1. The average molecular weight is 209 g/mol. The molecule has 5 heteroatoms. The number of benzene rings is 1. The van der Waals surface area contributed by atoms with Gasteiger partial charge in [-0.15, -0.1) is 0 Å². The van der Waals surface area contributed by atoms with Crippen LogP contribution in [0.3, 0.4) is 0 Å². The van der Waals surface area contributed by atoms with Crippen LogP contribution in [0.15, 0.2) is 18.2 Å². The van der Waals surface area contributed by atoms with Crippen molar-refractivity contribution in [2.24, 2.45) is 0 Å². The second kappa shape index (κ2) is 3.34. The van der Waals surface area contributed by atoms with Crippen LogP contribution in [-0.4, -0.2) is 9.36 Å². The van der Waals surface area contributed by atoms with E-state index in [1.165, 1.54) is 6.07 Å². The summed E-state index contributed by atoms with van der Waals surface area (Å²) in [6.07, 6.45) is 0. The normalized spacial score (nSPS) is 10.4. The first-order valence-electron chi connectivity index (χ1n) is 4.02. The van der Waals surface area contributed by atoms with Gasteiger partial charge in [0.15, 0.2) is 11.0 Å². The molecule has 0 fully saturated rings. The summed E-state index contributed by atoms with van der Waals surface area (Å²) in [6, 6.07) is 4.89. The molecule has 0 bridgehead atoms. The Morgan fingerprint density at radius 1 is 1.43 bits per heavy atom. The summed E-state index contributed by atoms with van der Waals surface area (Å²) in [5.41, 5.74) is 6.70. The van der Waals surface area contributed by atoms with Crippen LogP contribution in [0.2, 0.25) is 0 Å². The number of nitrogens with two attached hydrogens (primary N) is 1. The maximum absolute atomic E-state index is 13.2. The molecule has 72 valence electrons. The van der Waals surface area contributed by atoms with Crippen molar-refractivity contribution in [3.8, 4) is 11.4 Å². The zero-order valence-corrected chi connectivity index (χ0v) is 8.31. The van der Waals surface area contributed by atoms with Gasteiger partial charge in [0.1, 0.15) is 5.82 Å². The lowest BCUT2D eigenvalue weighted by molar-refractivity contribution is 0.619. The minimum Gasteiger partial charge on any atom is -0.374 e. The Morgan fingerprint density at radius 2 is 2.21 bits per heavy atom. The van der Waals surface area contributed by atoms with Crippen LogP contribution in [-0.2, 0) is 0 Å². The molecule has 0 amide bonds. The summed E-state index contributed by atoms with van der Waals surface area (Å²) in [7, 11) is 0. The van der Waals surface area contributed by atoms with Crippen molar-refractivity contribution in [3.05, 3.63) is 29.6 Å². The molecule has 3 nitrogen and oxygen atoms in total. The fourth-order valence-electron chi connectivity index (χ4n) is 1.08. The average Bonchev–Trinajstić information content (AvgIpc) is 2.57. The first-order valence-corrected chi connectivity index (χ1v) is 4.80. The van der Waals surface area contributed by atoms with E-state index in [0.29, 0.717) is 22.1 Å². The van der Waals surface area contributed by atoms with Gasteiger partial charge in [-0.2, -0.15) is 9.36 Å². The lowest BCUT2D eigenvalue weighted by atomic mass is 10.1. The minimum absolute atomic E-state index is 0.254. The molecular formula is C9H8FN3S. The number of aromatic nitrogens is 2. The molecule has 0 aliphatic carbocycles. The van der Waals surface area contributed by atoms with E-state index in [1.54, 1.807) is 19.1 Å². The van der Waals surface area contributed by atoms with E-state index in [2.05, 4.69) is 9.36 Å². The predicted molar refractivity (Wildman–Crippen MR) is 54.5 cm³/mol. The fourth-order valence-corrected chi connectivity index (χ4v) is 1.54. The van der Waals surface area contributed by atoms with Gasteiger partial charge in [0.2, 0.25) is 0 Å². The lowest BCUT2D eigenvalue weighted by Gasteiger charge is -1.98. The Labute approximate surface area is 84.6 Å². The molecule has 1 heterocycles. The Kier molecular flexibility index (Phi) is 2.17. The van der Waals surface area contributed by atoms with Gasteiger partial charge in [-0.25, -0.2) is 4.39 Å². The van der Waals surface area contributed by atoms with Gasteiger partial charge in [-0.3, -0.25) is 0 Å². The van der Waals surface area contributed by atoms with E-state index in [0.717, 1.165) is 11.5 Å². The number of aryl methyl sites for hydroxylation is 1. The lowest BCUT2D eigenvalue weighted by Crippen LogP contribution is -1.87. The van der Waals surface area contributed by atoms with E-state index in [9.17, 15) is 4.39 Å². The van der Waals surface area contributed by atoms with E-state index in [-0.39, 0.29) is 5.82 Å². The molecule has 0 aliphatic rings. The van der Waals surface area contributed by atoms with Crippen molar-refractivity contribution in [1.82, 2.24) is 9.36 Å². The minimum atomic E-state index is -0.254. The highest BCUT2D eigenvalue weighted by molar-refractivity contribution is 7.09. The van der Waals surface area contributed by atoms with Crippen molar-refractivity contribution in [1.29, 1.82) is 0 Å². The summed E-state index contributed by atoms with van der Waals surface area (Å²) in [6.45, 7) is 1.71. The van der Waals surface area contributed by atoms with E-state index >= 15 is 0 Å². The van der Waals surface area contributed by atoms with Crippen molar-refractivity contribution in [3.63, 3.8) is 0 Å². The summed E-state index contributed by atoms with van der Waals surface area (Å²) < 4.78 is 17.2. The Hall–Kier alpha value is -1.49. The molecule has 1 aromatic heterocycles. The molecule has 2 rings (SSSR count). The Morgan fingerprint density at radius 3 is 2.79 bits per heavy atom. The van der Waals surface area contributed by atoms with Gasteiger partial charge in [0, 0.05) is 17.1 Å². The summed E-state index contributed by atoms with van der Waals surface area (Å²) in [5.74, 6) is 0.224. The number of nitrogens with zero attached hydrogens (tertiary/aromatic N) is 2. The zero-order valence-electron chi connectivity index (χ0n) is 7.49. The molecule has 2 aromatic rings. The van der Waals surface area contributed by atoms with E-state index in [1.807, 2.05) is 0 Å². The second-order valence-corrected chi connectivity index (χ2v) is 3.70. The molecule has 0 saturated carbocycles. The van der Waals surface area contributed by atoms with Crippen LogP contribution in [0.25, 0.3) is 11.4 Å². The molecule has 0 saturated heterocycles. The van der Waals surface area contributed by atoms with Crippen LogP contribution in [0, 0.1) is 12.7 Å². The largest absolute Gasteiger partial charge is 0.374 e. The molecule has 0 spiro atoms. The van der Waals surface area contributed by atoms with Gasteiger partial charge in [0.05, 0.1) is 0 Å². The quantitative estimate of drug-likeness (QED) is 0.783. The second-order valence-electron chi connectivity index (χ2n) is 2.92. The van der Waals surface area contributed by atoms with Crippen LogP contribution >= 0.6 is 11.5 Å². The highest BCUT2D eigenvalue weighted by Gasteiger charge is 2.06. The monoisotopic (exact) mass is 209 g/mol. The van der Waals surface area contributed by atoms with E-state index in [4.69, 9.17) is 5.73 Å². The van der Waals surface area contributed by atoms with Crippen LogP contribution in [0.5, 0.6) is 0 Å². The molecule has 0 aliphatic heterocycles. The Bertz CT molecular complexity index is 467. The molecule has 0 atom stereocenters. The maximum Gasteiger partial charge on any atom is 0.200 e. The van der Waals surface area contributed by atoms with Crippen molar-refractivity contribution in [2.45, 2.75) is 6.92 Å². The first-order chi connectivity index (χ1) is 6.66. The predicted octanol–water partition coefficient (Wildman–Crippen LogP) is 2.23. The van der Waals surface area contributed by atoms with Gasteiger partial charge in [-0.1, -0.05) is 12.1 Å². The topological polar surface area (TPSA) is 51.8 Å². The summed E-state index contributed by atoms with van der Waals surface area (Å²) >= 11 is 1.10. The van der Waals surface area contributed by atoms with Crippen molar-refractivity contribution in [2.75, 3.05) is 5.73 Å². The van der Waals surface area contributed by atoms with Gasteiger partial charge >= 0.3 is 0 Å². The molecule has 2 N–H and O–H groups in total. The number of nitrogen functional groups attached to an aromatic ring is 1. The fraction of sp³-hybridized carbons (Fsp3) is 0.111. The van der Waals surface area contributed by atoms with E-state index < -0.39 is 0 Å². The summed E-state index contributed by atoms with van der Waals surface area (Å²) in [5, 5.41) is 0.390. The van der Waals surface area contributed by atoms with Gasteiger partial charge < -0.3 is 5.73 Å². The zero-order chi connectivity index (χ0) is 10.1. The number of rotatable bonds is 1. The van der Waals surface area contributed by atoms with Crippen molar-refractivity contribution >= 4 is 16.7 Å². The SMILES string of the molecule is Cc1ccc(-c2nsc(N)n2)cc1F. The van der Waals surface area contributed by atoms with Crippen molar-refractivity contribution < 1.29 is 4.39 Å². The van der Waals surface area contributed by atoms with Crippen LogP contribution in [0.1, 0.15) is 5.56 Å². The smallest absolute Gasteiger partial charge is 0.200 e. The molecule has 0 unspecified atom stereocenters. The summed E-state index contributed by atoms with van der Waals surface area (Å²) in [4.78, 5) is 3.97. The number of hydrogen-bond donors (Lipinski definition) is 1. The third-order valence-electron chi connectivity index (χ3n) is 1.87. The third kappa shape index (κ3) is 1.58. The maximum atomic E-state index is 13.2. The number of halogens is 1. The van der Waals surface area contributed by atoms with Gasteiger partial charge in [-0.05, 0) is 18.6 Å². The number of anilines is 1. The van der Waals surface area contributed by atoms with Gasteiger partial charge in [0.25, 0.3) is 0 Å². The first kappa shape index (κ1) is 9.08. The molecule has 1 aromatic carbocycles. The third-order valence-corrected chi connectivity index (χ3v) is 2.41. The molecule has 14 heavy (non-hydrogen) atoms. The molecule has 0 radical (unpaired) electrons. The highest BCUT2D eigenvalue weighted by Crippen LogP contribution is 2.21. The molecular weight excluding hydrogens is 201 g/mol. The van der Waals surface area contributed by atoms with Crippen LogP contribution in [0.4, 0.5) is 9.52 Å². The number of hydrogen-bond acceptors (Lipinski definition) is 4. The standard InChI is InChI=1S/C9H8FN3S/c1-5-2-3-6(4-7(5)10)8-12-9(11)14-13-8/h2-4H,1H3,(H2,11,12,13). The van der Waals surface area contributed by atoms with Crippen LogP contribution < -0.4 is 5.73 Å². The Balaban J connectivity index is 2.47.